The van der Waals surface area contributed by atoms with Crippen molar-refractivity contribution >= 4 is 27.5 Å². The van der Waals surface area contributed by atoms with Crippen LogP contribution in [0.2, 0.25) is 0 Å². The molecule has 2 aromatic carbocycles. The van der Waals surface area contributed by atoms with Gasteiger partial charge in [-0.1, -0.05) is 37.1 Å². The topological polar surface area (TPSA) is 74.8 Å². The van der Waals surface area contributed by atoms with Crippen LogP contribution in [0.4, 0.5) is 5.69 Å². The SMILES string of the molecule is CCN(c1cccc(C)c1)S(=O)(=O)c1cc(CN2C(=O)C3CCCCC3C2=O)ccc1C. The van der Waals surface area contributed by atoms with Gasteiger partial charge in [0.2, 0.25) is 11.8 Å². The number of fused-ring (bicyclic) bond motifs is 1. The molecule has 0 bridgehead atoms. The standard InChI is InChI=1S/C25H30N2O4S/c1-4-27(20-9-7-8-17(2)14-20)32(30,31)23-15-19(13-12-18(23)3)16-26-24(28)21-10-5-6-11-22(21)25(26)29/h7-9,12-15,21-22H,4-6,10-11,16H2,1-3H3. The molecular weight excluding hydrogens is 424 g/mol. The average molecular weight is 455 g/mol. The molecule has 4 rings (SSSR count). The van der Waals surface area contributed by atoms with Crippen molar-refractivity contribution in [1.29, 1.82) is 0 Å². The lowest BCUT2D eigenvalue weighted by molar-refractivity contribution is -0.140. The second-order valence-corrected chi connectivity index (χ2v) is 10.7. The smallest absolute Gasteiger partial charge is 0.264 e. The molecule has 0 N–H and O–H groups in total. The van der Waals surface area contributed by atoms with E-state index < -0.39 is 10.0 Å². The number of aryl methyl sites for hydroxylation is 2. The quantitative estimate of drug-likeness (QED) is 0.614. The van der Waals surface area contributed by atoms with Crippen molar-refractivity contribution in [1.82, 2.24) is 4.90 Å². The Bertz CT molecular complexity index is 1130. The number of imide groups is 1. The molecular formula is C25H30N2O4S. The zero-order valence-electron chi connectivity index (χ0n) is 18.9. The van der Waals surface area contributed by atoms with E-state index in [2.05, 4.69) is 0 Å². The molecule has 1 heterocycles. The van der Waals surface area contributed by atoms with E-state index in [9.17, 15) is 18.0 Å². The Kier molecular flexibility index (Phi) is 6.12. The zero-order valence-corrected chi connectivity index (χ0v) is 19.7. The number of sulfonamides is 1. The summed E-state index contributed by atoms with van der Waals surface area (Å²) in [4.78, 5) is 27.2. The Morgan fingerprint density at radius 1 is 0.969 bits per heavy atom. The third kappa shape index (κ3) is 3.94. The van der Waals surface area contributed by atoms with Gasteiger partial charge in [-0.05, 0) is 68.5 Å². The van der Waals surface area contributed by atoms with Crippen LogP contribution in [0.25, 0.3) is 0 Å². The second kappa shape index (κ2) is 8.70. The summed E-state index contributed by atoms with van der Waals surface area (Å²) in [6.45, 7) is 5.91. The van der Waals surface area contributed by atoms with Crippen molar-refractivity contribution in [2.24, 2.45) is 11.8 Å². The highest BCUT2D eigenvalue weighted by Crippen LogP contribution is 2.39. The first-order chi connectivity index (χ1) is 15.2. The fraction of sp³-hybridized carbons (Fsp3) is 0.440. The van der Waals surface area contributed by atoms with Crippen LogP contribution >= 0.6 is 0 Å². The molecule has 2 aromatic rings. The Hall–Kier alpha value is -2.67. The summed E-state index contributed by atoms with van der Waals surface area (Å²) >= 11 is 0. The summed E-state index contributed by atoms with van der Waals surface area (Å²) in [5.74, 6) is -0.636. The lowest BCUT2D eigenvalue weighted by atomic mass is 9.81. The molecule has 1 saturated heterocycles. The van der Waals surface area contributed by atoms with Gasteiger partial charge in [-0.3, -0.25) is 18.8 Å². The van der Waals surface area contributed by atoms with E-state index >= 15 is 0 Å². The molecule has 1 aliphatic carbocycles. The van der Waals surface area contributed by atoms with Crippen molar-refractivity contribution in [3.05, 3.63) is 59.2 Å². The summed E-state index contributed by atoms with van der Waals surface area (Å²) in [6.07, 6.45) is 3.49. The first-order valence-electron chi connectivity index (χ1n) is 11.3. The van der Waals surface area contributed by atoms with Crippen molar-refractivity contribution < 1.29 is 18.0 Å². The fourth-order valence-corrected chi connectivity index (χ4v) is 6.73. The zero-order chi connectivity index (χ0) is 23.0. The molecule has 1 saturated carbocycles. The lowest BCUT2D eigenvalue weighted by Gasteiger charge is -2.25. The Morgan fingerprint density at radius 3 is 2.22 bits per heavy atom. The van der Waals surface area contributed by atoms with Crippen LogP contribution < -0.4 is 4.31 Å². The minimum atomic E-state index is -3.81. The van der Waals surface area contributed by atoms with Crippen molar-refractivity contribution in [2.75, 3.05) is 10.8 Å². The van der Waals surface area contributed by atoms with Gasteiger partial charge in [-0.15, -0.1) is 0 Å². The van der Waals surface area contributed by atoms with Gasteiger partial charge in [-0.25, -0.2) is 8.42 Å². The lowest BCUT2D eigenvalue weighted by Crippen LogP contribution is -2.32. The highest BCUT2D eigenvalue weighted by Gasteiger charge is 2.47. The van der Waals surface area contributed by atoms with Crippen LogP contribution in [0, 0.1) is 25.7 Å². The molecule has 2 atom stereocenters. The predicted molar refractivity (Wildman–Crippen MR) is 124 cm³/mol. The van der Waals surface area contributed by atoms with Gasteiger partial charge in [0.15, 0.2) is 0 Å². The minimum absolute atomic E-state index is 0.111. The molecule has 6 nitrogen and oxygen atoms in total. The molecule has 2 fully saturated rings. The molecule has 2 unspecified atom stereocenters. The van der Waals surface area contributed by atoms with Crippen molar-refractivity contribution in [2.45, 2.75) is 57.9 Å². The maximum absolute atomic E-state index is 13.6. The molecule has 7 heteroatoms. The largest absolute Gasteiger partial charge is 0.278 e. The third-order valence-electron chi connectivity index (χ3n) is 6.67. The summed E-state index contributed by atoms with van der Waals surface area (Å²) in [7, 11) is -3.81. The number of hydrogen-bond donors (Lipinski definition) is 0. The predicted octanol–water partition coefficient (Wildman–Crippen LogP) is 4.19. The van der Waals surface area contributed by atoms with Gasteiger partial charge >= 0.3 is 0 Å². The number of nitrogens with zero attached hydrogens (tertiary/aromatic N) is 2. The van der Waals surface area contributed by atoms with Crippen LogP contribution in [0.3, 0.4) is 0 Å². The van der Waals surface area contributed by atoms with Gasteiger partial charge < -0.3 is 0 Å². The number of benzene rings is 2. The van der Waals surface area contributed by atoms with Crippen LogP contribution in [-0.4, -0.2) is 31.7 Å². The molecule has 0 aromatic heterocycles. The van der Waals surface area contributed by atoms with Crippen molar-refractivity contribution in [3.63, 3.8) is 0 Å². The monoisotopic (exact) mass is 454 g/mol. The van der Waals surface area contributed by atoms with E-state index in [0.29, 0.717) is 23.4 Å². The number of anilines is 1. The molecule has 1 aliphatic heterocycles. The number of carbonyl (C=O) groups excluding carboxylic acids is 2. The average Bonchev–Trinajstić information content (AvgIpc) is 3.00. The molecule has 2 aliphatic rings. The van der Waals surface area contributed by atoms with E-state index in [1.165, 1.54) is 9.21 Å². The first kappa shape index (κ1) is 22.5. The molecule has 170 valence electrons. The van der Waals surface area contributed by atoms with Gasteiger partial charge in [0, 0.05) is 6.54 Å². The normalized spacial score (nSPS) is 21.0. The van der Waals surface area contributed by atoms with Gasteiger partial charge in [0.25, 0.3) is 10.0 Å². The second-order valence-electron chi connectivity index (χ2n) is 8.87. The van der Waals surface area contributed by atoms with E-state index in [1.54, 1.807) is 31.2 Å². The molecule has 0 spiro atoms. The van der Waals surface area contributed by atoms with Crippen LogP contribution in [0.15, 0.2) is 47.4 Å². The number of amides is 2. The Labute approximate surface area is 190 Å². The highest BCUT2D eigenvalue weighted by molar-refractivity contribution is 7.92. The van der Waals surface area contributed by atoms with E-state index in [-0.39, 0.29) is 35.1 Å². The van der Waals surface area contributed by atoms with Gasteiger partial charge in [-0.2, -0.15) is 0 Å². The molecule has 32 heavy (non-hydrogen) atoms. The summed E-state index contributed by atoms with van der Waals surface area (Å²) in [5.41, 5.74) is 2.88. The van der Waals surface area contributed by atoms with E-state index in [1.807, 2.05) is 32.0 Å². The van der Waals surface area contributed by atoms with E-state index in [0.717, 1.165) is 31.2 Å². The number of likely N-dealkylation sites (tertiary alicyclic amines) is 1. The third-order valence-corrected chi connectivity index (χ3v) is 8.72. The summed E-state index contributed by atoms with van der Waals surface area (Å²) in [6, 6.07) is 12.6. The van der Waals surface area contributed by atoms with Crippen LogP contribution in [-0.2, 0) is 26.2 Å². The van der Waals surface area contributed by atoms with E-state index in [4.69, 9.17) is 0 Å². The first-order valence-corrected chi connectivity index (χ1v) is 12.7. The summed E-state index contributed by atoms with van der Waals surface area (Å²) in [5, 5.41) is 0. The Balaban J connectivity index is 1.65. The maximum Gasteiger partial charge on any atom is 0.264 e. The maximum atomic E-state index is 13.6. The minimum Gasteiger partial charge on any atom is -0.278 e. The van der Waals surface area contributed by atoms with Crippen LogP contribution in [0.1, 0.15) is 49.3 Å². The molecule has 0 radical (unpaired) electrons. The highest BCUT2D eigenvalue weighted by atomic mass is 32.2. The number of rotatable bonds is 6. The van der Waals surface area contributed by atoms with Crippen LogP contribution in [0.5, 0.6) is 0 Å². The molecule has 2 amide bonds. The Morgan fingerprint density at radius 2 is 1.62 bits per heavy atom. The van der Waals surface area contributed by atoms with Gasteiger partial charge in [0.05, 0.1) is 29.0 Å². The summed E-state index contributed by atoms with van der Waals surface area (Å²) < 4.78 is 28.6. The van der Waals surface area contributed by atoms with Crippen molar-refractivity contribution in [3.8, 4) is 0 Å². The van der Waals surface area contributed by atoms with Gasteiger partial charge in [0.1, 0.15) is 0 Å². The fourth-order valence-electron chi connectivity index (χ4n) is 4.98. The number of hydrogen-bond acceptors (Lipinski definition) is 4. The number of carbonyl (C=O) groups is 2.